The smallest absolute Gasteiger partial charge is 0.0876 e. The fourth-order valence-corrected chi connectivity index (χ4v) is 1.53. The minimum atomic E-state index is -0.354. The van der Waals surface area contributed by atoms with E-state index in [2.05, 4.69) is 0 Å². The Morgan fingerprint density at radius 1 is 1.57 bits per heavy atom. The van der Waals surface area contributed by atoms with Crippen molar-refractivity contribution in [2.24, 2.45) is 0 Å². The monoisotopic (exact) mass is 200 g/mol. The van der Waals surface area contributed by atoms with E-state index >= 15 is 0 Å². The molecule has 0 aromatic rings. The fourth-order valence-electron chi connectivity index (χ4n) is 1.53. The minimum Gasteiger partial charge on any atom is -0.501 e. The number of hydrogen-bond acceptors (Lipinski definition) is 3. The van der Waals surface area contributed by atoms with Gasteiger partial charge in [0, 0.05) is 7.11 Å². The molecular weight excluding hydrogens is 180 g/mol. The average Bonchev–Trinajstić information content (AvgIpc) is 2.26. The molecule has 3 heteroatoms. The van der Waals surface area contributed by atoms with Gasteiger partial charge in [-0.15, -0.1) is 0 Å². The van der Waals surface area contributed by atoms with Gasteiger partial charge in [-0.2, -0.15) is 0 Å². The standard InChI is InChI=1S/C11H20O3/c1-9(13-2)5-6-11(12)10-4-3-7-14-8-10/h8-9,11-12H,3-7H2,1-2H3. The zero-order valence-corrected chi connectivity index (χ0v) is 9.03. The van der Waals surface area contributed by atoms with E-state index in [1.807, 2.05) is 6.92 Å². The van der Waals surface area contributed by atoms with Gasteiger partial charge >= 0.3 is 0 Å². The van der Waals surface area contributed by atoms with Gasteiger partial charge < -0.3 is 14.6 Å². The third kappa shape index (κ3) is 3.68. The van der Waals surface area contributed by atoms with Crippen LogP contribution < -0.4 is 0 Å². The SMILES string of the molecule is COC(C)CCC(O)C1=COCCC1. The van der Waals surface area contributed by atoms with E-state index in [1.165, 1.54) is 0 Å². The average molecular weight is 200 g/mol. The number of ether oxygens (including phenoxy) is 2. The molecule has 0 bridgehead atoms. The third-order valence-electron chi connectivity index (χ3n) is 2.64. The van der Waals surface area contributed by atoms with Gasteiger partial charge in [0.25, 0.3) is 0 Å². The molecule has 3 nitrogen and oxygen atoms in total. The predicted molar refractivity (Wildman–Crippen MR) is 55.0 cm³/mol. The van der Waals surface area contributed by atoms with E-state index in [-0.39, 0.29) is 12.2 Å². The Bertz CT molecular complexity index is 189. The second kappa shape index (κ2) is 6.04. The van der Waals surface area contributed by atoms with Crippen LogP contribution in [0.5, 0.6) is 0 Å². The van der Waals surface area contributed by atoms with Crippen molar-refractivity contribution >= 4 is 0 Å². The van der Waals surface area contributed by atoms with Crippen LogP contribution in [0.25, 0.3) is 0 Å². The number of hydrogen-bond donors (Lipinski definition) is 1. The summed E-state index contributed by atoms with van der Waals surface area (Å²) in [6, 6.07) is 0. The summed E-state index contributed by atoms with van der Waals surface area (Å²) in [7, 11) is 1.69. The van der Waals surface area contributed by atoms with Crippen LogP contribution in [0.2, 0.25) is 0 Å². The molecule has 2 unspecified atom stereocenters. The van der Waals surface area contributed by atoms with Crippen LogP contribution in [0, 0.1) is 0 Å². The zero-order valence-electron chi connectivity index (χ0n) is 9.03. The van der Waals surface area contributed by atoms with Gasteiger partial charge in [0.15, 0.2) is 0 Å². The van der Waals surface area contributed by atoms with Crippen molar-refractivity contribution in [1.29, 1.82) is 0 Å². The lowest BCUT2D eigenvalue weighted by Gasteiger charge is -2.19. The molecule has 0 spiro atoms. The molecule has 1 aliphatic rings. The Labute approximate surface area is 85.7 Å². The normalized spacial score (nSPS) is 20.9. The van der Waals surface area contributed by atoms with Crippen LogP contribution in [0.4, 0.5) is 0 Å². The fraction of sp³-hybridized carbons (Fsp3) is 0.818. The van der Waals surface area contributed by atoms with Crippen molar-refractivity contribution in [3.63, 3.8) is 0 Å². The molecule has 0 aromatic heterocycles. The second-order valence-corrected chi connectivity index (χ2v) is 3.81. The van der Waals surface area contributed by atoms with Gasteiger partial charge in [0.1, 0.15) is 0 Å². The quantitative estimate of drug-likeness (QED) is 0.736. The van der Waals surface area contributed by atoms with Crippen LogP contribution in [0.3, 0.4) is 0 Å². The summed E-state index contributed by atoms with van der Waals surface area (Å²) >= 11 is 0. The Kier molecular flexibility index (Phi) is 4.98. The summed E-state index contributed by atoms with van der Waals surface area (Å²) in [5.41, 5.74) is 1.03. The van der Waals surface area contributed by atoms with E-state index < -0.39 is 0 Å². The molecule has 0 aliphatic carbocycles. The van der Waals surface area contributed by atoms with Crippen molar-refractivity contribution in [1.82, 2.24) is 0 Å². The maximum atomic E-state index is 9.81. The molecule has 0 saturated heterocycles. The highest BCUT2D eigenvalue weighted by atomic mass is 16.5. The number of rotatable bonds is 5. The van der Waals surface area contributed by atoms with Crippen molar-refractivity contribution in [3.8, 4) is 0 Å². The summed E-state index contributed by atoms with van der Waals surface area (Å²) in [6.45, 7) is 2.79. The first-order valence-electron chi connectivity index (χ1n) is 5.25. The summed E-state index contributed by atoms with van der Waals surface area (Å²) in [5, 5.41) is 9.81. The molecule has 0 saturated carbocycles. The zero-order chi connectivity index (χ0) is 10.4. The summed E-state index contributed by atoms with van der Waals surface area (Å²) in [5.74, 6) is 0. The van der Waals surface area contributed by atoms with E-state index in [0.717, 1.165) is 37.9 Å². The van der Waals surface area contributed by atoms with E-state index in [1.54, 1.807) is 13.4 Å². The van der Waals surface area contributed by atoms with Gasteiger partial charge in [-0.05, 0) is 38.2 Å². The molecule has 1 aliphatic heterocycles. The second-order valence-electron chi connectivity index (χ2n) is 3.81. The Hall–Kier alpha value is -0.540. The van der Waals surface area contributed by atoms with Crippen molar-refractivity contribution in [2.45, 2.75) is 44.8 Å². The lowest BCUT2D eigenvalue weighted by atomic mass is 9.99. The maximum Gasteiger partial charge on any atom is 0.0876 e. The van der Waals surface area contributed by atoms with E-state index in [4.69, 9.17) is 9.47 Å². The highest BCUT2D eigenvalue weighted by molar-refractivity contribution is 5.06. The van der Waals surface area contributed by atoms with Gasteiger partial charge in [-0.3, -0.25) is 0 Å². The Morgan fingerprint density at radius 2 is 2.36 bits per heavy atom. The molecule has 1 heterocycles. The molecule has 0 aromatic carbocycles. The summed E-state index contributed by atoms with van der Waals surface area (Å²) in [6.07, 6.45) is 5.19. The maximum absolute atomic E-state index is 9.81. The molecule has 0 radical (unpaired) electrons. The number of aliphatic hydroxyl groups excluding tert-OH is 1. The first-order chi connectivity index (χ1) is 6.74. The predicted octanol–water partition coefficient (Wildman–Crippen LogP) is 1.86. The van der Waals surface area contributed by atoms with Crippen molar-refractivity contribution in [3.05, 3.63) is 11.8 Å². The number of methoxy groups -OCH3 is 1. The first kappa shape index (κ1) is 11.5. The van der Waals surface area contributed by atoms with Crippen LogP contribution in [-0.4, -0.2) is 31.0 Å². The molecule has 0 fully saturated rings. The Morgan fingerprint density at radius 3 is 2.93 bits per heavy atom. The van der Waals surface area contributed by atoms with Crippen LogP contribution >= 0.6 is 0 Å². The largest absolute Gasteiger partial charge is 0.501 e. The van der Waals surface area contributed by atoms with Crippen LogP contribution in [-0.2, 0) is 9.47 Å². The first-order valence-corrected chi connectivity index (χ1v) is 5.25. The molecule has 1 rings (SSSR count). The highest BCUT2D eigenvalue weighted by Gasteiger charge is 2.15. The molecule has 2 atom stereocenters. The molecule has 14 heavy (non-hydrogen) atoms. The van der Waals surface area contributed by atoms with E-state index in [9.17, 15) is 5.11 Å². The number of aliphatic hydroxyl groups is 1. The van der Waals surface area contributed by atoms with Crippen LogP contribution in [0.1, 0.15) is 32.6 Å². The lowest BCUT2D eigenvalue weighted by Crippen LogP contribution is -2.17. The third-order valence-corrected chi connectivity index (χ3v) is 2.64. The summed E-state index contributed by atoms with van der Waals surface area (Å²) < 4.78 is 10.3. The Balaban J connectivity index is 2.26. The molecular formula is C11H20O3. The molecule has 82 valence electrons. The van der Waals surface area contributed by atoms with E-state index in [0.29, 0.717) is 0 Å². The van der Waals surface area contributed by atoms with Gasteiger partial charge in [0.05, 0.1) is 25.1 Å². The highest BCUT2D eigenvalue weighted by Crippen LogP contribution is 2.19. The topological polar surface area (TPSA) is 38.7 Å². The minimum absolute atomic E-state index is 0.217. The lowest BCUT2D eigenvalue weighted by molar-refractivity contribution is 0.0893. The molecule has 0 amide bonds. The molecule has 1 N–H and O–H groups in total. The van der Waals surface area contributed by atoms with Crippen molar-refractivity contribution < 1.29 is 14.6 Å². The summed E-state index contributed by atoms with van der Waals surface area (Å²) in [4.78, 5) is 0. The van der Waals surface area contributed by atoms with Gasteiger partial charge in [-0.25, -0.2) is 0 Å². The van der Waals surface area contributed by atoms with Crippen molar-refractivity contribution in [2.75, 3.05) is 13.7 Å². The van der Waals surface area contributed by atoms with Gasteiger partial charge in [0.2, 0.25) is 0 Å². The van der Waals surface area contributed by atoms with Gasteiger partial charge in [-0.1, -0.05) is 0 Å². The van der Waals surface area contributed by atoms with Crippen LogP contribution in [0.15, 0.2) is 11.8 Å².